The molecule has 4 unspecified atom stereocenters. The lowest BCUT2D eigenvalue weighted by atomic mass is 9.63. The van der Waals surface area contributed by atoms with E-state index in [0.717, 1.165) is 31.2 Å². The van der Waals surface area contributed by atoms with Gasteiger partial charge in [0.15, 0.2) is 0 Å². The number of ketones is 1. The van der Waals surface area contributed by atoms with Crippen LogP contribution in [-0.2, 0) is 21.9 Å². The SMILES string of the molecule is CC1(C)C2CCC1(C(C1CCc3ccccc31)[SH](=O)=O)C(=O)C2. The van der Waals surface area contributed by atoms with Gasteiger partial charge in [-0.25, -0.2) is 8.42 Å². The van der Waals surface area contributed by atoms with E-state index >= 15 is 0 Å². The van der Waals surface area contributed by atoms with Crippen molar-refractivity contribution in [1.82, 2.24) is 0 Å². The normalized spacial score (nSPS) is 35.7. The summed E-state index contributed by atoms with van der Waals surface area (Å²) in [5.41, 5.74) is 1.54. The fraction of sp³-hybridized carbons (Fsp3) is 0.632. The lowest BCUT2D eigenvalue weighted by Crippen LogP contribution is -2.49. The maximum Gasteiger partial charge on any atom is 0.144 e. The van der Waals surface area contributed by atoms with E-state index < -0.39 is 21.4 Å². The minimum atomic E-state index is -2.64. The van der Waals surface area contributed by atoms with Crippen LogP contribution in [0.2, 0.25) is 0 Å². The van der Waals surface area contributed by atoms with Crippen LogP contribution in [0.1, 0.15) is 56.6 Å². The molecule has 3 aliphatic rings. The molecule has 4 atom stereocenters. The highest BCUT2D eigenvalue weighted by Crippen LogP contribution is 2.67. The van der Waals surface area contributed by atoms with Crippen LogP contribution >= 0.6 is 0 Å². The minimum Gasteiger partial charge on any atom is -0.299 e. The van der Waals surface area contributed by atoms with Gasteiger partial charge in [0, 0.05) is 12.3 Å². The summed E-state index contributed by atoms with van der Waals surface area (Å²) in [6.07, 6.45) is 4.09. The van der Waals surface area contributed by atoms with Crippen LogP contribution in [0.25, 0.3) is 0 Å². The summed E-state index contributed by atoms with van der Waals surface area (Å²) in [6.45, 7) is 4.25. The first kappa shape index (κ1) is 15.4. The quantitative estimate of drug-likeness (QED) is 0.866. The molecule has 0 amide bonds. The second kappa shape index (κ2) is 4.92. The van der Waals surface area contributed by atoms with Crippen LogP contribution < -0.4 is 0 Å². The van der Waals surface area contributed by atoms with E-state index in [1.807, 2.05) is 12.1 Å². The van der Waals surface area contributed by atoms with Gasteiger partial charge in [0.1, 0.15) is 16.5 Å². The first-order valence-electron chi connectivity index (χ1n) is 8.64. The van der Waals surface area contributed by atoms with E-state index in [1.165, 1.54) is 5.56 Å². The first-order chi connectivity index (χ1) is 10.9. The summed E-state index contributed by atoms with van der Waals surface area (Å²) in [5.74, 6) is 0.531. The monoisotopic (exact) mass is 332 g/mol. The molecule has 124 valence electrons. The topological polar surface area (TPSA) is 51.2 Å². The Morgan fingerprint density at radius 1 is 1.17 bits per heavy atom. The maximum atomic E-state index is 12.9. The van der Waals surface area contributed by atoms with Gasteiger partial charge >= 0.3 is 0 Å². The fourth-order valence-electron chi connectivity index (χ4n) is 5.99. The molecule has 4 heteroatoms. The predicted molar refractivity (Wildman–Crippen MR) is 90.2 cm³/mol. The zero-order chi connectivity index (χ0) is 16.4. The van der Waals surface area contributed by atoms with Gasteiger partial charge in [-0.1, -0.05) is 38.1 Å². The molecular formula is C19H24O3S. The van der Waals surface area contributed by atoms with Crippen molar-refractivity contribution < 1.29 is 13.2 Å². The number of Topliss-reactive ketones (excluding diaryl/α,β-unsaturated/α-hetero) is 1. The van der Waals surface area contributed by atoms with Crippen molar-refractivity contribution in [2.24, 2.45) is 16.7 Å². The van der Waals surface area contributed by atoms with Crippen LogP contribution in [0.3, 0.4) is 0 Å². The molecular weight excluding hydrogens is 308 g/mol. The van der Waals surface area contributed by atoms with Crippen LogP contribution in [-0.4, -0.2) is 19.5 Å². The van der Waals surface area contributed by atoms with E-state index in [0.29, 0.717) is 12.3 Å². The number of thiol groups is 1. The molecule has 4 rings (SSSR count). The van der Waals surface area contributed by atoms with E-state index in [4.69, 9.17) is 0 Å². The Morgan fingerprint density at radius 2 is 1.91 bits per heavy atom. The highest BCUT2D eigenvalue weighted by atomic mass is 32.2. The third-order valence-corrected chi connectivity index (χ3v) is 8.53. The van der Waals surface area contributed by atoms with Gasteiger partial charge in [0.2, 0.25) is 0 Å². The number of hydrogen-bond acceptors (Lipinski definition) is 3. The third kappa shape index (κ3) is 1.81. The Kier molecular flexibility index (Phi) is 3.29. The maximum absolute atomic E-state index is 12.9. The average Bonchev–Trinajstić information content (AvgIpc) is 3.08. The Labute approximate surface area is 139 Å². The third-order valence-electron chi connectivity index (χ3n) is 7.28. The molecule has 0 radical (unpaired) electrons. The lowest BCUT2D eigenvalue weighted by Gasteiger charge is -2.43. The fourth-order valence-corrected chi connectivity index (χ4v) is 7.56. The predicted octanol–water partition coefficient (Wildman–Crippen LogP) is 3.09. The van der Waals surface area contributed by atoms with Gasteiger partial charge in [0.25, 0.3) is 0 Å². The summed E-state index contributed by atoms with van der Waals surface area (Å²) < 4.78 is 24.8. The van der Waals surface area contributed by atoms with Crippen molar-refractivity contribution in [2.45, 2.75) is 57.1 Å². The van der Waals surface area contributed by atoms with Crippen LogP contribution in [0.5, 0.6) is 0 Å². The van der Waals surface area contributed by atoms with E-state index in [1.54, 1.807) is 0 Å². The van der Waals surface area contributed by atoms with Crippen molar-refractivity contribution in [3.8, 4) is 0 Å². The zero-order valence-electron chi connectivity index (χ0n) is 13.7. The van der Waals surface area contributed by atoms with E-state index in [2.05, 4.69) is 26.0 Å². The van der Waals surface area contributed by atoms with Gasteiger partial charge in [0.05, 0.1) is 10.7 Å². The molecule has 0 N–H and O–H groups in total. The number of fused-ring (bicyclic) bond motifs is 3. The van der Waals surface area contributed by atoms with E-state index in [9.17, 15) is 13.2 Å². The van der Waals surface area contributed by atoms with Crippen LogP contribution in [0.15, 0.2) is 24.3 Å². The summed E-state index contributed by atoms with van der Waals surface area (Å²) in [7, 11) is -2.64. The number of aryl methyl sites for hydroxylation is 1. The number of rotatable bonds is 3. The van der Waals surface area contributed by atoms with Gasteiger partial charge < -0.3 is 0 Å². The van der Waals surface area contributed by atoms with Crippen molar-refractivity contribution in [3.05, 3.63) is 35.4 Å². The molecule has 0 heterocycles. The highest BCUT2D eigenvalue weighted by molar-refractivity contribution is 7.73. The molecule has 23 heavy (non-hydrogen) atoms. The summed E-state index contributed by atoms with van der Waals surface area (Å²) in [4.78, 5) is 12.9. The summed E-state index contributed by atoms with van der Waals surface area (Å²) in [6, 6.07) is 8.17. The van der Waals surface area contributed by atoms with E-state index in [-0.39, 0.29) is 17.1 Å². The van der Waals surface area contributed by atoms with Crippen molar-refractivity contribution in [1.29, 1.82) is 0 Å². The number of carbonyl (C=O) groups excluding carboxylic acids is 1. The van der Waals surface area contributed by atoms with Gasteiger partial charge in [-0.2, -0.15) is 0 Å². The molecule has 1 aromatic carbocycles. The molecule has 0 saturated heterocycles. The smallest absolute Gasteiger partial charge is 0.144 e. The second-order valence-electron chi connectivity index (χ2n) is 8.13. The number of hydrogen-bond donors (Lipinski definition) is 1. The molecule has 2 saturated carbocycles. The highest BCUT2D eigenvalue weighted by Gasteiger charge is 2.69. The van der Waals surface area contributed by atoms with Crippen LogP contribution in [0.4, 0.5) is 0 Å². The van der Waals surface area contributed by atoms with Crippen molar-refractivity contribution >= 4 is 16.5 Å². The lowest BCUT2D eigenvalue weighted by molar-refractivity contribution is -0.129. The first-order valence-corrected chi connectivity index (χ1v) is 9.89. The Morgan fingerprint density at radius 3 is 2.52 bits per heavy atom. The van der Waals surface area contributed by atoms with Crippen molar-refractivity contribution in [2.75, 3.05) is 0 Å². The standard InChI is InChI=1S/C19H24O3S/c1-18(2)13-9-10-19(18,16(20)11-13)17(23(21)22)15-8-7-12-5-3-4-6-14(12)15/h3-6,13,15,17,23H,7-11H2,1-2H3. The van der Waals surface area contributed by atoms with Gasteiger partial charge in [-0.05, 0) is 48.1 Å². The van der Waals surface area contributed by atoms with Gasteiger partial charge in [-0.15, -0.1) is 0 Å². The zero-order valence-corrected chi connectivity index (χ0v) is 14.6. The molecule has 2 bridgehead atoms. The van der Waals surface area contributed by atoms with Gasteiger partial charge in [-0.3, -0.25) is 4.79 Å². The summed E-state index contributed by atoms with van der Waals surface area (Å²) in [5, 5.41) is -0.545. The Balaban J connectivity index is 1.86. The number of benzene rings is 1. The Bertz CT molecular complexity index is 741. The molecule has 3 aliphatic carbocycles. The molecule has 0 aliphatic heterocycles. The molecule has 3 nitrogen and oxygen atoms in total. The Hall–Kier alpha value is -1.16. The molecule has 2 fully saturated rings. The minimum absolute atomic E-state index is 0.0209. The average molecular weight is 332 g/mol. The molecule has 1 aromatic rings. The number of carbonyl (C=O) groups is 1. The van der Waals surface area contributed by atoms with Crippen molar-refractivity contribution in [3.63, 3.8) is 0 Å². The second-order valence-corrected chi connectivity index (χ2v) is 9.26. The molecule has 0 spiro atoms. The van der Waals surface area contributed by atoms with Crippen LogP contribution in [0, 0.1) is 16.7 Å². The molecule has 0 aromatic heterocycles. The largest absolute Gasteiger partial charge is 0.299 e. The summed E-state index contributed by atoms with van der Waals surface area (Å²) >= 11 is 0.